The topological polar surface area (TPSA) is 38.9 Å². The van der Waals surface area contributed by atoms with E-state index in [1.807, 2.05) is 54.9 Å². The van der Waals surface area contributed by atoms with Gasteiger partial charge in [-0.15, -0.1) is 0 Å². The molecule has 0 aliphatic heterocycles. The predicted octanol–water partition coefficient (Wildman–Crippen LogP) is 4.13. The van der Waals surface area contributed by atoms with Gasteiger partial charge in [-0.2, -0.15) is 0 Å². The summed E-state index contributed by atoms with van der Waals surface area (Å²) in [7, 11) is 0. The van der Waals surface area contributed by atoms with Crippen LogP contribution in [0.3, 0.4) is 0 Å². The first-order valence-electron chi connectivity index (χ1n) is 6.57. The number of fused-ring (bicyclic) bond motifs is 1. The molecule has 3 aromatic rings. The molecule has 0 aliphatic carbocycles. The lowest BCUT2D eigenvalue weighted by molar-refractivity contribution is 0.725. The van der Waals surface area contributed by atoms with Gasteiger partial charge in [0.05, 0.1) is 0 Å². The van der Waals surface area contributed by atoms with Crippen LogP contribution in [0.15, 0.2) is 60.9 Å². The molecular formula is C17H15ClN2. The highest BCUT2D eigenvalue weighted by atomic mass is 35.5. The Kier molecular flexibility index (Phi) is 3.68. The van der Waals surface area contributed by atoms with E-state index in [9.17, 15) is 0 Å². The Morgan fingerprint density at radius 2 is 1.75 bits per heavy atom. The number of nitrogens with two attached hydrogens (primary N) is 1. The van der Waals surface area contributed by atoms with E-state index >= 15 is 0 Å². The largest absolute Gasteiger partial charge is 0.324 e. The fourth-order valence-corrected chi connectivity index (χ4v) is 2.66. The molecule has 1 aromatic heterocycles. The number of hydrogen-bond donors (Lipinski definition) is 1. The normalized spacial score (nSPS) is 12.5. The van der Waals surface area contributed by atoms with E-state index in [4.69, 9.17) is 17.3 Å². The van der Waals surface area contributed by atoms with Crippen LogP contribution in [0.2, 0.25) is 5.02 Å². The standard InChI is InChI=1S/C17H15ClN2/c18-16-8-4-2-5-12(16)9-17(19)15-11-20-10-13-6-1-3-7-14(13)15/h1-8,10-11,17H,9,19H2. The summed E-state index contributed by atoms with van der Waals surface area (Å²) < 4.78 is 0. The Bertz CT molecular complexity index is 734. The van der Waals surface area contributed by atoms with Gasteiger partial charge in [0.2, 0.25) is 0 Å². The minimum Gasteiger partial charge on any atom is -0.324 e. The Hall–Kier alpha value is -1.90. The lowest BCUT2D eigenvalue weighted by Gasteiger charge is -2.15. The average molecular weight is 283 g/mol. The molecular weight excluding hydrogens is 268 g/mol. The maximum atomic E-state index is 6.36. The minimum atomic E-state index is -0.117. The van der Waals surface area contributed by atoms with Crippen molar-refractivity contribution in [2.75, 3.05) is 0 Å². The second-order valence-corrected chi connectivity index (χ2v) is 5.26. The summed E-state index contributed by atoms with van der Waals surface area (Å²) in [5, 5.41) is 3.03. The molecule has 1 unspecified atom stereocenters. The molecule has 0 saturated heterocycles. The molecule has 2 aromatic carbocycles. The van der Waals surface area contributed by atoms with E-state index < -0.39 is 0 Å². The summed E-state index contributed by atoms with van der Waals surface area (Å²) in [6.07, 6.45) is 4.42. The van der Waals surface area contributed by atoms with Crippen molar-refractivity contribution in [2.24, 2.45) is 5.73 Å². The monoisotopic (exact) mass is 282 g/mol. The van der Waals surface area contributed by atoms with E-state index in [0.29, 0.717) is 6.42 Å². The summed E-state index contributed by atoms with van der Waals surface area (Å²) in [4.78, 5) is 4.28. The molecule has 0 radical (unpaired) electrons. The van der Waals surface area contributed by atoms with Crippen LogP contribution >= 0.6 is 11.6 Å². The van der Waals surface area contributed by atoms with Crippen molar-refractivity contribution in [2.45, 2.75) is 12.5 Å². The maximum Gasteiger partial charge on any atom is 0.0438 e. The highest BCUT2D eigenvalue weighted by molar-refractivity contribution is 6.31. The van der Waals surface area contributed by atoms with Crippen LogP contribution in [0, 0.1) is 0 Å². The van der Waals surface area contributed by atoms with Gasteiger partial charge >= 0.3 is 0 Å². The quantitative estimate of drug-likeness (QED) is 0.784. The molecule has 3 rings (SSSR count). The zero-order chi connectivity index (χ0) is 13.9. The summed E-state index contributed by atoms with van der Waals surface area (Å²) in [6, 6.07) is 15.9. The van der Waals surface area contributed by atoms with Crippen LogP contribution in [0.25, 0.3) is 10.8 Å². The summed E-state index contributed by atoms with van der Waals surface area (Å²) in [5.74, 6) is 0. The molecule has 0 aliphatic rings. The lowest BCUT2D eigenvalue weighted by Crippen LogP contribution is -2.14. The van der Waals surface area contributed by atoms with Crippen molar-refractivity contribution in [1.82, 2.24) is 4.98 Å². The Labute approximate surface area is 123 Å². The molecule has 0 amide bonds. The van der Waals surface area contributed by atoms with Gasteiger partial charge < -0.3 is 5.73 Å². The lowest BCUT2D eigenvalue weighted by atomic mass is 9.97. The van der Waals surface area contributed by atoms with Crippen LogP contribution < -0.4 is 5.73 Å². The third kappa shape index (κ3) is 2.53. The molecule has 0 spiro atoms. The number of halogens is 1. The number of aromatic nitrogens is 1. The van der Waals surface area contributed by atoms with Crippen LogP contribution in [0.1, 0.15) is 17.2 Å². The number of nitrogens with zero attached hydrogens (tertiary/aromatic N) is 1. The first-order valence-corrected chi connectivity index (χ1v) is 6.95. The van der Waals surface area contributed by atoms with Crippen LogP contribution in [0.4, 0.5) is 0 Å². The van der Waals surface area contributed by atoms with Crippen molar-refractivity contribution in [3.05, 3.63) is 77.1 Å². The fraction of sp³-hybridized carbons (Fsp3) is 0.118. The Morgan fingerprint density at radius 1 is 1.00 bits per heavy atom. The molecule has 0 saturated carbocycles. The highest BCUT2D eigenvalue weighted by Gasteiger charge is 2.12. The van der Waals surface area contributed by atoms with Gasteiger partial charge in [-0.3, -0.25) is 4.98 Å². The second-order valence-electron chi connectivity index (χ2n) is 4.85. The maximum absolute atomic E-state index is 6.36. The Morgan fingerprint density at radius 3 is 2.60 bits per heavy atom. The molecule has 1 heterocycles. The number of hydrogen-bond acceptors (Lipinski definition) is 2. The van der Waals surface area contributed by atoms with Crippen LogP contribution in [-0.2, 0) is 6.42 Å². The van der Waals surface area contributed by atoms with Gasteiger partial charge in [0.15, 0.2) is 0 Å². The molecule has 0 bridgehead atoms. The van der Waals surface area contributed by atoms with E-state index in [1.54, 1.807) is 0 Å². The van der Waals surface area contributed by atoms with Crippen molar-refractivity contribution >= 4 is 22.4 Å². The minimum absolute atomic E-state index is 0.117. The van der Waals surface area contributed by atoms with E-state index in [0.717, 1.165) is 26.9 Å². The van der Waals surface area contributed by atoms with E-state index in [1.165, 1.54) is 0 Å². The Balaban J connectivity index is 1.97. The second kappa shape index (κ2) is 5.61. The molecule has 1 atom stereocenters. The SMILES string of the molecule is NC(Cc1ccccc1Cl)c1cncc2ccccc12. The average Bonchev–Trinajstić information content (AvgIpc) is 2.49. The van der Waals surface area contributed by atoms with Crippen LogP contribution in [-0.4, -0.2) is 4.98 Å². The zero-order valence-electron chi connectivity index (χ0n) is 11.0. The highest BCUT2D eigenvalue weighted by Crippen LogP contribution is 2.26. The predicted molar refractivity (Wildman–Crippen MR) is 83.8 cm³/mol. The third-order valence-corrected chi connectivity index (χ3v) is 3.86. The van der Waals surface area contributed by atoms with E-state index in [2.05, 4.69) is 11.1 Å². The molecule has 3 heteroatoms. The third-order valence-electron chi connectivity index (χ3n) is 3.50. The smallest absolute Gasteiger partial charge is 0.0438 e. The van der Waals surface area contributed by atoms with Crippen molar-refractivity contribution in [3.63, 3.8) is 0 Å². The fourth-order valence-electron chi connectivity index (χ4n) is 2.45. The first kappa shape index (κ1) is 13.1. The molecule has 20 heavy (non-hydrogen) atoms. The number of rotatable bonds is 3. The summed E-state index contributed by atoms with van der Waals surface area (Å²) in [6.45, 7) is 0. The van der Waals surface area contributed by atoms with Gasteiger partial charge in [0, 0.05) is 28.8 Å². The van der Waals surface area contributed by atoms with Crippen molar-refractivity contribution < 1.29 is 0 Å². The summed E-state index contributed by atoms with van der Waals surface area (Å²) >= 11 is 6.20. The zero-order valence-corrected chi connectivity index (χ0v) is 11.7. The summed E-state index contributed by atoms with van der Waals surface area (Å²) in [5.41, 5.74) is 8.49. The van der Waals surface area contributed by atoms with Crippen LogP contribution in [0.5, 0.6) is 0 Å². The molecule has 2 nitrogen and oxygen atoms in total. The van der Waals surface area contributed by atoms with Crippen molar-refractivity contribution in [1.29, 1.82) is 0 Å². The van der Waals surface area contributed by atoms with Gasteiger partial charge in [0.1, 0.15) is 0 Å². The first-order chi connectivity index (χ1) is 9.75. The molecule has 2 N–H and O–H groups in total. The number of pyridine rings is 1. The number of benzene rings is 2. The molecule has 100 valence electrons. The van der Waals surface area contributed by atoms with Gasteiger partial charge in [-0.25, -0.2) is 0 Å². The van der Waals surface area contributed by atoms with Gasteiger partial charge in [-0.1, -0.05) is 54.1 Å². The van der Waals surface area contributed by atoms with Gasteiger partial charge in [-0.05, 0) is 29.0 Å². The van der Waals surface area contributed by atoms with E-state index in [-0.39, 0.29) is 6.04 Å². The molecule has 0 fully saturated rings. The van der Waals surface area contributed by atoms with Gasteiger partial charge in [0.25, 0.3) is 0 Å². The van der Waals surface area contributed by atoms with Crippen molar-refractivity contribution in [3.8, 4) is 0 Å².